The molecule has 4 rings (SSSR count). The first-order valence-corrected chi connectivity index (χ1v) is 13.0. The lowest BCUT2D eigenvalue weighted by Gasteiger charge is -2.21. The lowest BCUT2D eigenvalue weighted by atomic mass is 9.96. The Balaban J connectivity index is 1.90. The molecule has 3 N–H and O–H groups in total. The average Bonchev–Trinajstić information content (AvgIpc) is 3.31. The van der Waals surface area contributed by atoms with E-state index >= 15 is 0 Å². The Morgan fingerprint density at radius 3 is 2.16 bits per heavy atom. The molecule has 228 valence electrons. The standard InChI is InChI=1S/C30H28F6N4O3/c1-28(2,3)14-39-25(41)18-7-5-6-17(12-18)20-13-21-22(26(42)37-4)23(16-8-10-19(31)11-9-16)43-27(21)40-24(20)38-15-29(32,33)30(34,35)36/h5-13H,14-15H2,1-4H3,(H,37,42)(H,38,40)(H,39,41). The van der Waals surface area contributed by atoms with Crippen LogP contribution in [0.2, 0.25) is 0 Å². The van der Waals surface area contributed by atoms with Crippen LogP contribution < -0.4 is 16.0 Å². The van der Waals surface area contributed by atoms with Gasteiger partial charge in [-0.25, -0.2) is 4.39 Å². The van der Waals surface area contributed by atoms with Crippen LogP contribution in [-0.2, 0) is 0 Å². The van der Waals surface area contributed by atoms with Crippen LogP contribution >= 0.6 is 0 Å². The van der Waals surface area contributed by atoms with Crippen molar-refractivity contribution in [1.29, 1.82) is 0 Å². The number of pyridine rings is 1. The number of hydrogen-bond donors (Lipinski definition) is 3. The molecule has 0 aliphatic rings. The van der Waals surface area contributed by atoms with Crippen LogP contribution in [0.15, 0.2) is 59.0 Å². The highest BCUT2D eigenvalue weighted by Gasteiger charge is 2.57. The van der Waals surface area contributed by atoms with Crippen LogP contribution in [0, 0.1) is 11.2 Å². The first-order chi connectivity index (χ1) is 20.0. The number of anilines is 1. The number of benzene rings is 2. The summed E-state index contributed by atoms with van der Waals surface area (Å²) in [5.74, 6) is -7.15. The van der Waals surface area contributed by atoms with E-state index in [2.05, 4.69) is 20.9 Å². The number of nitrogens with zero attached hydrogens (tertiary/aromatic N) is 1. The third-order valence-corrected chi connectivity index (χ3v) is 6.35. The molecular formula is C30H28F6N4O3. The first kappa shape index (κ1) is 31.4. The summed E-state index contributed by atoms with van der Waals surface area (Å²) in [5, 5.41) is 7.44. The summed E-state index contributed by atoms with van der Waals surface area (Å²) in [6.45, 7) is 4.28. The van der Waals surface area contributed by atoms with Gasteiger partial charge in [0.1, 0.15) is 17.4 Å². The van der Waals surface area contributed by atoms with E-state index in [0.717, 1.165) is 12.1 Å². The van der Waals surface area contributed by atoms with E-state index < -0.39 is 42.1 Å². The van der Waals surface area contributed by atoms with Crippen molar-refractivity contribution >= 4 is 28.7 Å². The molecule has 0 aliphatic heterocycles. The Bertz CT molecular complexity index is 1660. The highest BCUT2D eigenvalue weighted by atomic mass is 19.4. The molecule has 2 heterocycles. The Morgan fingerprint density at radius 1 is 0.884 bits per heavy atom. The lowest BCUT2D eigenvalue weighted by Crippen LogP contribution is -2.42. The lowest BCUT2D eigenvalue weighted by molar-refractivity contribution is -0.275. The van der Waals surface area contributed by atoms with E-state index in [0.29, 0.717) is 6.54 Å². The number of aromatic nitrogens is 1. The number of carbonyl (C=O) groups excluding carboxylic acids is 2. The monoisotopic (exact) mass is 606 g/mol. The predicted molar refractivity (Wildman–Crippen MR) is 150 cm³/mol. The smallest absolute Gasteiger partial charge is 0.437 e. The van der Waals surface area contributed by atoms with E-state index in [-0.39, 0.29) is 50.1 Å². The highest BCUT2D eigenvalue weighted by Crippen LogP contribution is 2.40. The molecule has 0 saturated heterocycles. The van der Waals surface area contributed by atoms with Gasteiger partial charge in [0.05, 0.1) is 17.5 Å². The van der Waals surface area contributed by atoms with Gasteiger partial charge in [0.25, 0.3) is 11.8 Å². The summed E-state index contributed by atoms with van der Waals surface area (Å²) in [7, 11) is 1.36. The van der Waals surface area contributed by atoms with Crippen LogP contribution in [0.5, 0.6) is 0 Å². The van der Waals surface area contributed by atoms with Crippen molar-refractivity contribution in [2.75, 3.05) is 25.5 Å². The molecule has 0 saturated carbocycles. The molecular weight excluding hydrogens is 578 g/mol. The zero-order chi connectivity index (χ0) is 31.7. The number of carbonyl (C=O) groups is 2. The second-order valence-corrected chi connectivity index (χ2v) is 11.0. The first-order valence-electron chi connectivity index (χ1n) is 13.0. The van der Waals surface area contributed by atoms with E-state index in [1.165, 1.54) is 49.5 Å². The van der Waals surface area contributed by atoms with Gasteiger partial charge in [-0.3, -0.25) is 9.59 Å². The number of fused-ring (bicyclic) bond motifs is 1. The van der Waals surface area contributed by atoms with Crippen molar-refractivity contribution < 1.29 is 40.3 Å². The Morgan fingerprint density at radius 2 is 1.56 bits per heavy atom. The maximum absolute atomic E-state index is 13.9. The second-order valence-electron chi connectivity index (χ2n) is 11.0. The molecule has 0 fully saturated rings. The minimum Gasteiger partial charge on any atom is -0.437 e. The number of furan rings is 1. The van der Waals surface area contributed by atoms with Crippen LogP contribution in [0.1, 0.15) is 41.5 Å². The summed E-state index contributed by atoms with van der Waals surface area (Å²) >= 11 is 0. The molecule has 2 aromatic heterocycles. The summed E-state index contributed by atoms with van der Waals surface area (Å²) in [6.07, 6.45) is -5.83. The number of hydrogen-bond acceptors (Lipinski definition) is 5. The summed E-state index contributed by atoms with van der Waals surface area (Å²) in [6, 6.07) is 12.3. The van der Waals surface area contributed by atoms with Gasteiger partial charge < -0.3 is 20.4 Å². The SMILES string of the molecule is CNC(=O)c1c(-c2ccc(F)cc2)oc2nc(NCC(F)(F)C(F)(F)F)c(-c3cccc(C(=O)NCC(C)(C)C)c3)cc12. The van der Waals surface area contributed by atoms with E-state index in [4.69, 9.17) is 4.42 Å². The second kappa shape index (κ2) is 11.6. The molecule has 2 amide bonds. The third-order valence-electron chi connectivity index (χ3n) is 6.35. The average molecular weight is 607 g/mol. The zero-order valence-corrected chi connectivity index (χ0v) is 23.6. The van der Waals surface area contributed by atoms with Gasteiger partial charge in [0, 0.05) is 30.3 Å². The molecule has 0 bridgehead atoms. The Labute approximate surface area is 242 Å². The predicted octanol–water partition coefficient (Wildman–Crippen LogP) is 7.05. The van der Waals surface area contributed by atoms with Crippen LogP contribution in [-0.4, -0.2) is 49.0 Å². The molecule has 7 nitrogen and oxygen atoms in total. The molecule has 0 spiro atoms. The minimum atomic E-state index is -5.83. The fraction of sp³-hybridized carbons (Fsp3) is 0.300. The number of rotatable bonds is 8. The quantitative estimate of drug-likeness (QED) is 0.187. The fourth-order valence-electron chi connectivity index (χ4n) is 4.10. The van der Waals surface area contributed by atoms with E-state index in [9.17, 15) is 35.9 Å². The number of halogens is 6. The van der Waals surface area contributed by atoms with Crippen molar-refractivity contribution in [3.63, 3.8) is 0 Å². The molecule has 4 aromatic rings. The normalized spacial score (nSPS) is 12.3. The van der Waals surface area contributed by atoms with Gasteiger partial charge >= 0.3 is 12.1 Å². The molecule has 43 heavy (non-hydrogen) atoms. The van der Waals surface area contributed by atoms with Crippen molar-refractivity contribution in [2.24, 2.45) is 5.41 Å². The summed E-state index contributed by atoms with van der Waals surface area (Å²) < 4.78 is 86.1. The molecule has 2 aromatic carbocycles. The van der Waals surface area contributed by atoms with Crippen molar-refractivity contribution in [2.45, 2.75) is 32.9 Å². The number of nitrogens with one attached hydrogen (secondary N) is 3. The van der Waals surface area contributed by atoms with E-state index in [1.54, 1.807) is 0 Å². The minimum absolute atomic E-state index is 0.0209. The molecule has 0 atom stereocenters. The highest BCUT2D eigenvalue weighted by molar-refractivity contribution is 6.11. The van der Waals surface area contributed by atoms with Gasteiger partial charge in [-0.2, -0.15) is 26.9 Å². The van der Waals surface area contributed by atoms with Crippen LogP contribution in [0.25, 0.3) is 33.6 Å². The Hall–Kier alpha value is -4.55. The summed E-state index contributed by atoms with van der Waals surface area (Å²) in [5.41, 5.74) is 0.246. The number of alkyl halides is 5. The van der Waals surface area contributed by atoms with Gasteiger partial charge in [-0.1, -0.05) is 32.9 Å². The molecule has 13 heteroatoms. The van der Waals surface area contributed by atoms with Gasteiger partial charge in [0.2, 0.25) is 5.71 Å². The van der Waals surface area contributed by atoms with Crippen LogP contribution in [0.4, 0.5) is 32.2 Å². The van der Waals surface area contributed by atoms with Crippen molar-refractivity contribution in [1.82, 2.24) is 15.6 Å². The van der Waals surface area contributed by atoms with Gasteiger partial charge in [-0.05, 0) is 53.4 Å². The largest absolute Gasteiger partial charge is 0.455 e. The van der Waals surface area contributed by atoms with Gasteiger partial charge in [-0.15, -0.1) is 0 Å². The third kappa shape index (κ3) is 6.92. The maximum Gasteiger partial charge on any atom is 0.455 e. The number of amides is 2. The Kier molecular flexibility index (Phi) is 8.48. The molecule has 0 unspecified atom stereocenters. The van der Waals surface area contributed by atoms with Gasteiger partial charge in [0.15, 0.2) is 0 Å². The van der Waals surface area contributed by atoms with Crippen molar-refractivity contribution in [3.8, 4) is 22.5 Å². The van der Waals surface area contributed by atoms with Crippen LogP contribution in [0.3, 0.4) is 0 Å². The summed E-state index contributed by atoms with van der Waals surface area (Å²) in [4.78, 5) is 30.0. The van der Waals surface area contributed by atoms with E-state index in [1.807, 2.05) is 20.8 Å². The molecule has 0 radical (unpaired) electrons. The maximum atomic E-state index is 13.9. The van der Waals surface area contributed by atoms with Crippen molar-refractivity contribution in [3.05, 3.63) is 71.5 Å². The zero-order valence-electron chi connectivity index (χ0n) is 23.6. The molecule has 0 aliphatic carbocycles. The fourth-order valence-corrected chi connectivity index (χ4v) is 4.10. The topological polar surface area (TPSA) is 96.3 Å².